The third kappa shape index (κ3) is 13.4. The van der Waals surface area contributed by atoms with Crippen LogP contribution in [0, 0.1) is 0 Å². The number of aromatic carboxylic acids is 1. The number of thioether (sulfide) groups is 1. The molecule has 0 saturated carbocycles. The molecule has 0 bridgehead atoms. The number of rotatable bonds is 17. The van der Waals surface area contributed by atoms with Gasteiger partial charge in [-0.05, 0) is 46.5 Å². The third-order valence-corrected chi connectivity index (χ3v) is 12.1. The molecule has 4 aromatic carbocycles. The predicted octanol–water partition coefficient (Wildman–Crippen LogP) is 6.54. The second-order valence-electron chi connectivity index (χ2n) is 15.5. The largest absolute Gasteiger partial charge is 0.478 e. The van der Waals surface area contributed by atoms with Gasteiger partial charge in [-0.25, -0.2) is 4.79 Å². The minimum atomic E-state index is -1.30. The number of aliphatic hydroxyl groups excluding tert-OH is 1. The third-order valence-electron chi connectivity index (χ3n) is 10.7. The molecule has 6 rings (SSSR count). The maximum Gasteiger partial charge on any atom is 0.335 e. The molecule has 2 saturated heterocycles. The van der Waals surface area contributed by atoms with Crippen LogP contribution in [0.25, 0.3) is 0 Å². The van der Waals surface area contributed by atoms with Crippen molar-refractivity contribution >= 4 is 58.8 Å². The minimum absolute atomic E-state index is 0.0113. The van der Waals surface area contributed by atoms with Crippen LogP contribution in [0.4, 0.5) is 0 Å². The molecule has 2 aliphatic rings. The summed E-state index contributed by atoms with van der Waals surface area (Å²) in [6, 6.07) is 32.1. The van der Waals surface area contributed by atoms with E-state index in [1.54, 1.807) is 36.0 Å². The van der Waals surface area contributed by atoms with Crippen molar-refractivity contribution < 1.29 is 67.3 Å². The molecule has 65 heavy (non-hydrogen) atoms. The van der Waals surface area contributed by atoms with Crippen molar-refractivity contribution in [2.24, 2.45) is 0 Å². The quantitative estimate of drug-likeness (QED) is 0.0445. The SMILES string of the molecule is CC(=O)OC[C@H]1O[C@@H](CC(=S)NCc2ccc(C3O[C@H](CSc4ccc(C(=O)O)cc4)[C@@H](c4ccccc4)[C@H](c4ccc(CO)cc4)O3)cc2)[C@H](OC(C)=O)[C@@H](OC(C)=O)[C@@H]1OC(C)=O. The van der Waals surface area contributed by atoms with E-state index in [1.165, 1.54) is 13.8 Å². The summed E-state index contributed by atoms with van der Waals surface area (Å²) in [4.78, 5) is 61.1. The number of esters is 4. The second-order valence-corrected chi connectivity index (χ2v) is 17.1. The van der Waals surface area contributed by atoms with Crippen LogP contribution in [0.1, 0.15) is 90.6 Å². The molecule has 0 amide bonds. The van der Waals surface area contributed by atoms with E-state index in [-0.39, 0.29) is 43.8 Å². The van der Waals surface area contributed by atoms with E-state index in [2.05, 4.69) is 17.4 Å². The monoisotopic (exact) mass is 929 g/mol. The second kappa shape index (κ2) is 23.0. The van der Waals surface area contributed by atoms with Crippen molar-refractivity contribution in [3.8, 4) is 0 Å². The maximum atomic E-state index is 12.3. The van der Waals surface area contributed by atoms with Crippen molar-refractivity contribution in [2.75, 3.05) is 12.4 Å². The fraction of sp³-hybridized carbons (Fsp3) is 0.375. The van der Waals surface area contributed by atoms with Crippen LogP contribution in [-0.4, -0.2) is 94.0 Å². The highest BCUT2D eigenvalue weighted by atomic mass is 32.2. The predicted molar refractivity (Wildman–Crippen MR) is 240 cm³/mol. The molecule has 2 aliphatic heterocycles. The Bertz CT molecular complexity index is 2280. The summed E-state index contributed by atoms with van der Waals surface area (Å²) >= 11 is 7.28. The van der Waals surface area contributed by atoms with Crippen LogP contribution in [0.3, 0.4) is 0 Å². The Balaban J connectivity index is 1.20. The van der Waals surface area contributed by atoms with E-state index in [9.17, 15) is 34.2 Å². The summed E-state index contributed by atoms with van der Waals surface area (Å²) in [5.41, 5.74) is 4.52. The lowest BCUT2D eigenvalue weighted by Crippen LogP contribution is -2.62. The summed E-state index contributed by atoms with van der Waals surface area (Å²) < 4.78 is 41.7. The van der Waals surface area contributed by atoms with Crippen LogP contribution in [0.15, 0.2) is 108 Å². The first-order chi connectivity index (χ1) is 31.2. The molecule has 0 aromatic heterocycles. The molecular weight excluding hydrogens is 879 g/mol. The van der Waals surface area contributed by atoms with Crippen molar-refractivity contribution in [3.05, 3.63) is 137 Å². The van der Waals surface area contributed by atoms with Crippen LogP contribution >= 0.6 is 24.0 Å². The number of carboxylic acid groups (broad SMARTS) is 1. The number of ether oxygens (including phenoxy) is 7. The van der Waals surface area contributed by atoms with E-state index >= 15 is 0 Å². The fourth-order valence-electron chi connectivity index (χ4n) is 7.75. The molecule has 3 N–H and O–H groups in total. The Hall–Kier alpha value is -5.69. The smallest absolute Gasteiger partial charge is 0.335 e. The summed E-state index contributed by atoms with van der Waals surface area (Å²) in [5, 5.41) is 22.4. The zero-order valence-corrected chi connectivity index (χ0v) is 37.8. The molecule has 2 fully saturated rings. The lowest BCUT2D eigenvalue weighted by atomic mass is 9.84. The average molecular weight is 930 g/mol. The molecule has 17 heteroatoms. The average Bonchev–Trinajstić information content (AvgIpc) is 3.28. The Morgan fingerprint density at radius 1 is 0.646 bits per heavy atom. The van der Waals surface area contributed by atoms with Gasteiger partial charge in [-0.2, -0.15) is 0 Å². The van der Waals surface area contributed by atoms with E-state index in [1.807, 2.05) is 66.7 Å². The normalized spacial score (nSPS) is 23.9. The molecule has 1 unspecified atom stereocenters. The molecular formula is C48H51NO14S2. The Labute approximate surface area is 386 Å². The van der Waals surface area contributed by atoms with E-state index in [0.29, 0.717) is 10.7 Å². The van der Waals surface area contributed by atoms with Gasteiger partial charge in [-0.15, -0.1) is 11.8 Å². The standard InChI is InChI=1S/C48H51NO14S2/c1-27(51)57-25-39-45(59-29(3)53)46(60-30(4)54)44(58-28(2)52)38(61-39)22-41(64)49-23-31-10-16-36(17-11-31)48-62-40(26-65-37-20-18-35(19-21-37)47(55)56)42(33-8-6-5-7-9-33)43(63-48)34-14-12-32(24-50)13-15-34/h5-21,38-40,42-46,48,50H,22-26H2,1-4H3,(H,49,64)(H,55,56)/t38-,39+,40+,42+,43-,44-,45+,46+,48?/m0/s1. The van der Waals surface area contributed by atoms with Gasteiger partial charge in [-0.1, -0.05) is 91.1 Å². The van der Waals surface area contributed by atoms with Crippen molar-refractivity contribution in [1.29, 1.82) is 0 Å². The molecule has 0 radical (unpaired) electrons. The summed E-state index contributed by atoms with van der Waals surface area (Å²) in [6.07, 6.45) is -7.49. The van der Waals surface area contributed by atoms with Crippen LogP contribution in [-0.2, 0) is 65.5 Å². The number of hydrogen-bond donors (Lipinski definition) is 3. The molecule has 9 atom stereocenters. The summed E-state index contributed by atoms with van der Waals surface area (Å²) in [5.74, 6) is -3.48. The van der Waals surface area contributed by atoms with Crippen LogP contribution in [0.2, 0.25) is 0 Å². The zero-order valence-electron chi connectivity index (χ0n) is 36.2. The lowest BCUT2D eigenvalue weighted by Gasteiger charge is -2.44. The molecule has 15 nitrogen and oxygen atoms in total. The van der Waals surface area contributed by atoms with E-state index in [0.717, 1.165) is 46.6 Å². The molecule has 0 spiro atoms. The van der Waals surface area contributed by atoms with Gasteiger partial charge in [0.15, 0.2) is 24.6 Å². The first-order valence-electron chi connectivity index (χ1n) is 20.9. The van der Waals surface area contributed by atoms with Gasteiger partial charge in [-0.3, -0.25) is 19.2 Å². The number of nitrogens with one attached hydrogen (secondary N) is 1. The van der Waals surface area contributed by atoms with Crippen molar-refractivity contribution in [3.63, 3.8) is 0 Å². The first kappa shape index (κ1) is 48.8. The van der Waals surface area contributed by atoms with Crippen LogP contribution in [0.5, 0.6) is 0 Å². The highest BCUT2D eigenvalue weighted by molar-refractivity contribution is 7.99. The number of thiocarbonyl (C=S) groups is 1. The Morgan fingerprint density at radius 3 is 1.82 bits per heavy atom. The summed E-state index contributed by atoms with van der Waals surface area (Å²) in [7, 11) is 0. The van der Waals surface area contributed by atoms with Gasteiger partial charge in [0.1, 0.15) is 18.8 Å². The number of carbonyl (C=O) groups is 5. The highest BCUT2D eigenvalue weighted by Crippen LogP contribution is 2.48. The van der Waals surface area contributed by atoms with Gasteiger partial charge in [0.05, 0.1) is 29.4 Å². The Kier molecular flexibility index (Phi) is 17.2. The maximum absolute atomic E-state index is 12.3. The molecule has 344 valence electrons. The number of benzene rings is 4. The topological polar surface area (TPSA) is 202 Å². The zero-order chi connectivity index (χ0) is 46.6. The first-order valence-corrected chi connectivity index (χ1v) is 22.3. The van der Waals surface area contributed by atoms with E-state index in [4.69, 9.17) is 45.4 Å². The number of carboxylic acids is 1. The molecule has 4 aromatic rings. The lowest BCUT2D eigenvalue weighted by molar-refractivity contribution is -0.255. The van der Waals surface area contributed by atoms with Crippen LogP contribution < -0.4 is 5.32 Å². The Morgan fingerprint density at radius 2 is 1.23 bits per heavy atom. The van der Waals surface area contributed by atoms with Gasteiger partial charge >= 0.3 is 29.8 Å². The van der Waals surface area contributed by atoms with E-state index < -0.39 is 72.8 Å². The fourth-order valence-corrected chi connectivity index (χ4v) is 8.96. The van der Waals surface area contributed by atoms with Crippen molar-refractivity contribution in [1.82, 2.24) is 5.32 Å². The van der Waals surface area contributed by atoms with Crippen molar-refractivity contribution in [2.45, 2.75) is 107 Å². The minimum Gasteiger partial charge on any atom is -0.478 e. The summed E-state index contributed by atoms with van der Waals surface area (Å²) in [6.45, 7) is 4.54. The highest BCUT2D eigenvalue weighted by Gasteiger charge is 2.52. The molecule has 0 aliphatic carbocycles. The molecule has 2 heterocycles. The van der Waals surface area contributed by atoms with Gasteiger partial charge < -0.3 is 48.7 Å². The van der Waals surface area contributed by atoms with Gasteiger partial charge in [0.25, 0.3) is 0 Å². The number of aliphatic hydroxyl groups is 1. The van der Waals surface area contributed by atoms with Gasteiger partial charge in [0.2, 0.25) is 0 Å². The van der Waals surface area contributed by atoms with Gasteiger partial charge in [0, 0.05) is 62.8 Å². The number of hydrogen-bond acceptors (Lipinski definition) is 15. The number of carbonyl (C=O) groups excluding carboxylic acids is 4.